The molecular weight excluding hydrogens is 288 g/mol. The van der Waals surface area contributed by atoms with Crippen LogP contribution in [0, 0.1) is 0 Å². The lowest BCUT2D eigenvalue weighted by Crippen LogP contribution is -2.11. The number of rotatable bonds is 5. The predicted octanol–water partition coefficient (Wildman–Crippen LogP) is 3.82. The summed E-state index contributed by atoms with van der Waals surface area (Å²) in [4.78, 5) is 9.23. The van der Waals surface area contributed by atoms with Crippen molar-refractivity contribution in [3.63, 3.8) is 0 Å². The van der Waals surface area contributed by atoms with Crippen LogP contribution < -0.4 is 5.32 Å². The fourth-order valence-electron chi connectivity index (χ4n) is 1.88. The van der Waals surface area contributed by atoms with Gasteiger partial charge in [0.05, 0.1) is 10.7 Å². The third-order valence-electron chi connectivity index (χ3n) is 3.23. The molecule has 0 bridgehead atoms. The number of thiazole rings is 1. The highest BCUT2D eigenvalue weighted by atomic mass is 32.1. The van der Waals surface area contributed by atoms with E-state index in [9.17, 15) is 0 Å². The van der Waals surface area contributed by atoms with Crippen LogP contribution in [0.3, 0.4) is 0 Å². The van der Waals surface area contributed by atoms with Crippen molar-refractivity contribution in [2.45, 2.75) is 51.4 Å². The highest BCUT2D eigenvalue weighted by molar-refractivity contribution is 7.10. The van der Waals surface area contributed by atoms with Crippen LogP contribution in [-0.4, -0.2) is 20.9 Å². The van der Waals surface area contributed by atoms with Gasteiger partial charge in [0.25, 0.3) is 0 Å². The summed E-state index contributed by atoms with van der Waals surface area (Å²) in [5.74, 6) is 1.66. The Bertz CT molecular complexity index is 578. The molecule has 0 radical (unpaired) electrons. The normalized spacial score (nSPS) is 15.6. The standard InChI is InChI=1S/C14H20N4S2/c1-14(2,3)12-16-10(8-19-12)6-7-15-13-17-11(18-20-13)9-4-5-9/h8-9H,4-7H2,1-3H3,(H,15,17,18). The van der Waals surface area contributed by atoms with Crippen LogP contribution in [0.25, 0.3) is 0 Å². The van der Waals surface area contributed by atoms with Gasteiger partial charge in [-0.15, -0.1) is 11.3 Å². The lowest BCUT2D eigenvalue weighted by molar-refractivity contribution is 0.583. The number of nitrogens with one attached hydrogen (secondary N) is 1. The second-order valence-electron chi connectivity index (χ2n) is 6.30. The van der Waals surface area contributed by atoms with Crippen molar-refractivity contribution < 1.29 is 0 Å². The molecule has 20 heavy (non-hydrogen) atoms. The Kier molecular flexibility index (Phi) is 3.77. The number of hydrogen-bond donors (Lipinski definition) is 1. The maximum atomic E-state index is 4.70. The topological polar surface area (TPSA) is 50.7 Å². The summed E-state index contributed by atoms with van der Waals surface area (Å²) in [5.41, 5.74) is 1.31. The molecule has 0 aliphatic heterocycles. The van der Waals surface area contributed by atoms with Crippen LogP contribution in [0.5, 0.6) is 0 Å². The zero-order chi connectivity index (χ0) is 14.2. The molecule has 108 valence electrons. The molecule has 1 aliphatic carbocycles. The van der Waals surface area contributed by atoms with E-state index < -0.39 is 0 Å². The van der Waals surface area contributed by atoms with E-state index in [-0.39, 0.29) is 5.41 Å². The van der Waals surface area contributed by atoms with E-state index in [1.807, 2.05) is 0 Å². The summed E-state index contributed by atoms with van der Waals surface area (Å²) in [6, 6.07) is 0. The lowest BCUT2D eigenvalue weighted by Gasteiger charge is -2.13. The van der Waals surface area contributed by atoms with E-state index in [2.05, 4.69) is 40.8 Å². The fourth-order valence-corrected chi connectivity index (χ4v) is 3.49. The number of hydrogen-bond acceptors (Lipinski definition) is 6. The minimum absolute atomic E-state index is 0.148. The maximum absolute atomic E-state index is 4.70. The van der Waals surface area contributed by atoms with E-state index >= 15 is 0 Å². The minimum Gasteiger partial charge on any atom is -0.360 e. The van der Waals surface area contributed by atoms with Crippen molar-refractivity contribution in [3.8, 4) is 0 Å². The smallest absolute Gasteiger partial charge is 0.202 e. The SMILES string of the molecule is CC(C)(C)c1nc(CCNc2nc(C3CC3)ns2)cs1. The van der Waals surface area contributed by atoms with E-state index in [1.54, 1.807) is 11.3 Å². The van der Waals surface area contributed by atoms with Gasteiger partial charge in [-0.25, -0.2) is 9.97 Å². The molecule has 0 aromatic carbocycles. The molecule has 2 heterocycles. The highest BCUT2D eigenvalue weighted by Gasteiger charge is 2.27. The number of anilines is 1. The van der Waals surface area contributed by atoms with Crippen LogP contribution in [0.2, 0.25) is 0 Å². The first-order valence-electron chi connectivity index (χ1n) is 7.05. The first-order valence-corrected chi connectivity index (χ1v) is 8.70. The molecule has 1 fully saturated rings. The lowest BCUT2D eigenvalue weighted by atomic mass is 9.98. The Hall–Kier alpha value is -1.01. The van der Waals surface area contributed by atoms with Gasteiger partial charge in [-0.1, -0.05) is 20.8 Å². The zero-order valence-electron chi connectivity index (χ0n) is 12.1. The molecule has 3 rings (SSSR count). The van der Waals surface area contributed by atoms with Crippen LogP contribution >= 0.6 is 22.9 Å². The van der Waals surface area contributed by atoms with Crippen molar-refractivity contribution in [2.24, 2.45) is 0 Å². The number of aromatic nitrogens is 3. The molecule has 1 N–H and O–H groups in total. The molecule has 4 nitrogen and oxygen atoms in total. The van der Waals surface area contributed by atoms with E-state index in [0.717, 1.165) is 23.9 Å². The zero-order valence-corrected chi connectivity index (χ0v) is 13.8. The van der Waals surface area contributed by atoms with Gasteiger partial charge >= 0.3 is 0 Å². The first kappa shape index (κ1) is 13.9. The third-order valence-corrected chi connectivity index (χ3v) is 5.24. The highest BCUT2D eigenvalue weighted by Crippen LogP contribution is 2.39. The fraction of sp³-hybridized carbons (Fsp3) is 0.643. The summed E-state index contributed by atoms with van der Waals surface area (Å²) in [5, 5.41) is 7.67. The largest absolute Gasteiger partial charge is 0.360 e. The summed E-state index contributed by atoms with van der Waals surface area (Å²) >= 11 is 3.23. The van der Waals surface area contributed by atoms with Gasteiger partial charge in [-0.2, -0.15) is 4.37 Å². The van der Waals surface area contributed by atoms with Crippen LogP contribution in [0.1, 0.15) is 56.1 Å². The van der Waals surface area contributed by atoms with E-state index in [1.165, 1.54) is 35.1 Å². The number of nitrogens with zero attached hydrogens (tertiary/aromatic N) is 3. The third kappa shape index (κ3) is 3.35. The van der Waals surface area contributed by atoms with Crippen molar-refractivity contribution in [1.82, 2.24) is 14.3 Å². The average Bonchev–Trinajstić information content (AvgIpc) is 2.93. The molecule has 0 spiro atoms. The summed E-state index contributed by atoms with van der Waals surface area (Å²) in [6.07, 6.45) is 3.44. The predicted molar refractivity (Wildman–Crippen MR) is 84.9 cm³/mol. The van der Waals surface area contributed by atoms with Gasteiger partial charge in [0.1, 0.15) is 5.82 Å². The van der Waals surface area contributed by atoms with Crippen molar-refractivity contribution >= 4 is 28.0 Å². The van der Waals surface area contributed by atoms with Gasteiger partial charge < -0.3 is 5.32 Å². The van der Waals surface area contributed by atoms with Crippen molar-refractivity contribution in [1.29, 1.82) is 0 Å². The van der Waals surface area contributed by atoms with Gasteiger partial charge in [0.15, 0.2) is 0 Å². The Morgan fingerprint density at radius 1 is 1.30 bits per heavy atom. The van der Waals surface area contributed by atoms with Crippen LogP contribution in [0.15, 0.2) is 5.38 Å². The molecule has 1 saturated carbocycles. The summed E-state index contributed by atoms with van der Waals surface area (Å²) in [7, 11) is 0. The molecule has 0 unspecified atom stereocenters. The Morgan fingerprint density at radius 3 is 2.75 bits per heavy atom. The van der Waals surface area contributed by atoms with E-state index in [4.69, 9.17) is 4.98 Å². The second kappa shape index (κ2) is 5.41. The van der Waals surface area contributed by atoms with Gasteiger partial charge in [-0.05, 0) is 12.8 Å². The van der Waals surface area contributed by atoms with Crippen LogP contribution in [0.4, 0.5) is 5.13 Å². The molecule has 1 aliphatic rings. The van der Waals surface area contributed by atoms with Crippen molar-refractivity contribution in [3.05, 3.63) is 21.9 Å². The Morgan fingerprint density at radius 2 is 2.10 bits per heavy atom. The van der Waals surface area contributed by atoms with Crippen molar-refractivity contribution in [2.75, 3.05) is 11.9 Å². The Labute approximate surface area is 127 Å². The molecule has 0 saturated heterocycles. The molecular formula is C14H20N4S2. The quantitative estimate of drug-likeness (QED) is 0.912. The summed E-state index contributed by atoms with van der Waals surface area (Å²) in [6.45, 7) is 7.48. The minimum atomic E-state index is 0.148. The second-order valence-corrected chi connectivity index (χ2v) is 7.91. The monoisotopic (exact) mass is 308 g/mol. The van der Waals surface area contributed by atoms with Gasteiger partial charge in [-0.3, -0.25) is 0 Å². The van der Waals surface area contributed by atoms with E-state index in [0.29, 0.717) is 5.92 Å². The summed E-state index contributed by atoms with van der Waals surface area (Å²) < 4.78 is 4.39. The molecule has 0 atom stereocenters. The molecule has 2 aromatic rings. The molecule has 2 aromatic heterocycles. The van der Waals surface area contributed by atoms with Gasteiger partial charge in [0, 0.05) is 41.2 Å². The first-order chi connectivity index (χ1) is 9.52. The molecule has 6 heteroatoms. The maximum Gasteiger partial charge on any atom is 0.202 e. The Balaban J connectivity index is 1.50. The van der Waals surface area contributed by atoms with Gasteiger partial charge in [0.2, 0.25) is 5.13 Å². The average molecular weight is 308 g/mol. The molecule has 0 amide bonds. The van der Waals surface area contributed by atoms with Crippen LogP contribution in [-0.2, 0) is 11.8 Å².